The zero-order valence-electron chi connectivity index (χ0n) is 9.23. The van der Waals surface area contributed by atoms with Crippen molar-refractivity contribution in [2.75, 3.05) is 6.54 Å². The van der Waals surface area contributed by atoms with Crippen LogP contribution in [0.4, 0.5) is 5.82 Å². The van der Waals surface area contributed by atoms with Crippen LogP contribution in [-0.4, -0.2) is 27.3 Å². The molecule has 1 fully saturated rings. The fraction of sp³-hybridized carbons (Fsp3) is 0.500. The van der Waals surface area contributed by atoms with Crippen LogP contribution in [0, 0.1) is 10.1 Å². The molecule has 0 atom stereocenters. The summed E-state index contributed by atoms with van der Waals surface area (Å²) in [5, 5.41) is 17.8. The topological polar surface area (TPSA) is 73.0 Å². The second kappa shape index (κ2) is 4.97. The first kappa shape index (κ1) is 12.3. The third-order valence-electron chi connectivity index (χ3n) is 2.48. The summed E-state index contributed by atoms with van der Waals surface area (Å²) >= 11 is 3.11. The monoisotopic (exact) mass is 300 g/mol. The molecule has 1 aromatic rings. The molecule has 0 bridgehead atoms. The van der Waals surface area contributed by atoms with Gasteiger partial charge in [-0.1, -0.05) is 6.58 Å². The largest absolute Gasteiger partial charge is 0.404 e. The van der Waals surface area contributed by atoms with E-state index in [1.807, 2.05) is 0 Å². The van der Waals surface area contributed by atoms with Gasteiger partial charge in [0, 0.05) is 12.6 Å². The molecule has 0 amide bonds. The van der Waals surface area contributed by atoms with Crippen LogP contribution >= 0.6 is 15.9 Å². The van der Waals surface area contributed by atoms with E-state index < -0.39 is 4.92 Å². The van der Waals surface area contributed by atoms with Crippen LogP contribution in [0.25, 0.3) is 0 Å². The molecule has 2 rings (SSSR count). The van der Waals surface area contributed by atoms with Gasteiger partial charge in [-0.05, 0) is 39.3 Å². The molecule has 1 N–H and O–H groups in total. The van der Waals surface area contributed by atoms with Gasteiger partial charge in [-0.25, -0.2) is 0 Å². The number of halogens is 1. The fourth-order valence-electron chi connectivity index (χ4n) is 1.45. The molecule has 0 aromatic carbocycles. The molecule has 92 valence electrons. The summed E-state index contributed by atoms with van der Waals surface area (Å²) in [6.45, 7) is 5.15. The van der Waals surface area contributed by atoms with Crippen molar-refractivity contribution in [2.45, 2.75) is 25.4 Å². The molecule has 17 heavy (non-hydrogen) atoms. The average molecular weight is 301 g/mol. The third kappa shape index (κ3) is 3.37. The number of nitrogens with one attached hydrogen (secondary N) is 1. The molecule has 0 saturated heterocycles. The summed E-state index contributed by atoms with van der Waals surface area (Å²) in [5.41, 5.74) is 0.960. The van der Waals surface area contributed by atoms with E-state index in [2.05, 4.69) is 32.9 Å². The van der Waals surface area contributed by atoms with Gasteiger partial charge in [0.15, 0.2) is 0 Å². The fourth-order valence-corrected chi connectivity index (χ4v) is 1.91. The summed E-state index contributed by atoms with van der Waals surface area (Å²) in [4.78, 5) is 10.1. The maximum atomic E-state index is 10.6. The van der Waals surface area contributed by atoms with Gasteiger partial charge >= 0.3 is 5.82 Å². The molecule has 7 heteroatoms. The average Bonchev–Trinajstić information content (AvgIpc) is 3.00. The van der Waals surface area contributed by atoms with Gasteiger partial charge in [0.25, 0.3) is 0 Å². The Bertz CT molecular complexity index is 453. The van der Waals surface area contributed by atoms with Gasteiger partial charge < -0.3 is 15.4 Å². The van der Waals surface area contributed by atoms with E-state index in [9.17, 15) is 10.1 Å². The molecule has 6 nitrogen and oxygen atoms in total. The van der Waals surface area contributed by atoms with E-state index >= 15 is 0 Å². The molecular formula is C10H13BrN4O2. The van der Waals surface area contributed by atoms with E-state index in [0.29, 0.717) is 17.1 Å². The smallest absolute Gasteiger partial charge is 0.358 e. The maximum Gasteiger partial charge on any atom is 0.404 e. The van der Waals surface area contributed by atoms with Gasteiger partial charge in [-0.3, -0.25) is 0 Å². The van der Waals surface area contributed by atoms with Crippen molar-refractivity contribution in [2.24, 2.45) is 0 Å². The third-order valence-corrected chi connectivity index (χ3v) is 3.04. The highest BCUT2D eigenvalue weighted by Gasteiger charge is 2.21. The molecule has 0 aliphatic heterocycles. The number of hydrogen-bond acceptors (Lipinski definition) is 4. The van der Waals surface area contributed by atoms with Crippen LogP contribution < -0.4 is 5.32 Å². The Morgan fingerprint density at radius 3 is 3.00 bits per heavy atom. The van der Waals surface area contributed by atoms with Gasteiger partial charge in [-0.15, -0.1) is 0 Å². The summed E-state index contributed by atoms with van der Waals surface area (Å²) < 4.78 is 1.92. The van der Waals surface area contributed by atoms with Crippen molar-refractivity contribution in [1.29, 1.82) is 0 Å². The van der Waals surface area contributed by atoms with E-state index in [1.165, 1.54) is 17.5 Å². The van der Waals surface area contributed by atoms with Crippen LogP contribution in [0.2, 0.25) is 0 Å². The first-order valence-electron chi connectivity index (χ1n) is 5.33. The second-order valence-corrected chi connectivity index (χ2v) is 5.01. The molecule has 0 radical (unpaired) electrons. The van der Waals surface area contributed by atoms with Gasteiger partial charge in [-0.2, -0.15) is 4.68 Å². The van der Waals surface area contributed by atoms with Gasteiger partial charge in [0.05, 0.1) is 17.8 Å². The molecular weight excluding hydrogens is 288 g/mol. The molecule has 1 aliphatic carbocycles. The molecule has 0 spiro atoms. The molecule has 1 aromatic heterocycles. The highest BCUT2D eigenvalue weighted by molar-refractivity contribution is 9.10. The van der Waals surface area contributed by atoms with Crippen LogP contribution in [0.5, 0.6) is 0 Å². The lowest BCUT2D eigenvalue weighted by atomic mass is 10.3. The lowest BCUT2D eigenvalue weighted by molar-refractivity contribution is -0.390. The minimum atomic E-state index is -0.508. The standard InChI is InChI=1S/C10H13BrN4O2/c1-7(4-12-8-2-3-8)5-14-6-9(11)10(13-14)15(16)17/h6,8,12H,1-5H2. The zero-order chi connectivity index (χ0) is 12.4. The molecule has 0 unspecified atom stereocenters. The Kier molecular flexibility index (Phi) is 3.58. The first-order valence-corrected chi connectivity index (χ1v) is 6.13. The predicted molar refractivity (Wildman–Crippen MR) is 66.7 cm³/mol. The molecule has 1 saturated carbocycles. The number of aromatic nitrogens is 2. The Labute approximate surface area is 107 Å². The van der Waals surface area contributed by atoms with Crippen LogP contribution in [0.15, 0.2) is 22.8 Å². The second-order valence-electron chi connectivity index (χ2n) is 4.16. The normalized spacial score (nSPS) is 14.9. The van der Waals surface area contributed by atoms with Gasteiger partial charge in [0.2, 0.25) is 0 Å². The van der Waals surface area contributed by atoms with Crippen molar-refractivity contribution in [3.05, 3.63) is 32.9 Å². The summed E-state index contributed by atoms with van der Waals surface area (Å²) in [5.74, 6) is -0.159. The van der Waals surface area contributed by atoms with E-state index in [-0.39, 0.29) is 5.82 Å². The molecule has 1 heterocycles. The van der Waals surface area contributed by atoms with Crippen molar-refractivity contribution < 1.29 is 4.92 Å². The zero-order valence-corrected chi connectivity index (χ0v) is 10.8. The Balaban J connectivity index is 1.90. The van der Waals surface area contributed by atoms with E-state index in [1.54, 1.807) is 6.20 Å². The highest BCUT2D eigenvalue weighted by atomic mass is 79.9. The van der Waals surface area contributed by atoms with E-state index in [4.69, 9.17) is 0 Å². The van der Waals surface area contributed by atoms with E-state index in [0.717, 1.165) is 12.1 Å². The Morgan fingerprint density at radius 2 is 2.47 bits per heavy atom. The Hall–Kier alpha value is -1.21. The summed E-state index contributed by atoms with van der Waals surface area (Å²) in [6.07, 6.45) is 4.05. The van der Waals surface area contributed by atoms with Crippen molar-refractivity contribution in [1.82, 2.24) is 15.1 Å². The lowest BCUT2D eigenvalue weighted by Gasteiger charge is -2.04. The van der Waals surface area contributed by atoms with Gasteiger partial charge in [0.1, 0.15) is 4.47 Å². The van der Waals surface area contributed by atoms with Crippen molar-refractivity contribution in [3.8, 4) is 0 Å². The predicted octanol–water partition coefficient (Wildman–Crippen LogP) is 1.86. The number of nitro groups is 1. The minimum Gasteiger partial charge on any atom is -0.358 e. The van der Waals surface area contributed by atoms with Crippen LogP contribution in [0.1, 0.15) is 12.8 Å². The van der Waals surface area contributed by atoms with Crippen molar-refractivity contribution in [3.63, 3.8) is 0 Å². The van der Waals surface area contributed by atoms with Crippen LogP contribution in [-0.2, 0) is 6.54 Å². The first-order chi connectivity index (χ1) is 8.06. The maximum absolute atomic E-state index is 10.6. The van der Waals surface area contributed by atoms with Crippen LogP contribution in [0.3, 0.4) is 0 Å². The Morgan fingerprint density at radius 1 is 1.76 bits per heavy atom. The van der Waals surface area contributed by atoms with Crippen molar-refractivity contribution >= 4 is 21.7 Å². The number of rotatable bonds is 6. The number of hydrogen-bond donors (Lipinski definition) is 1. The summed E-state index contributed by atoms with van der Waals surface area (Å²) in [7, 11) is 0. The lowest BCUT2D eigenvalue weighted by Crippen LogP contribution is -2.21. The minimum absolute atomic E-state index is 0.159. The summed E-state index contributed by atoms with van der Waals surface area (Å²) in [6, 6.07) is 0.630. The molecule has 1 aliphatic rings. The number of nitrogens with zero attached hydrogens (tertiary/aromatic N) is 3. The SMILES string of the molecule is C=C(CNC1CC1)Cn1cc(Br)c([N+](=O)[O-])n1. The highest BCUT2D eigenvalue weighted by Crippen LogP contribution is 2.22. The quantitative estimate of drug-likeness (QED) is 0.494.